The first-order valence-corrected chi connectivity index (χ1v) is 8.97. The van der Waals surface area contributed by atoms with E-state index in [9.17, 15) is 9.59 Å². The summed E-state index contributed by atoms with van der Waals surface area (Å²) in [6.07, 6.45) is 2.42. The lowest BCUT2D eigenvalue weighted by atomic mass is 10.0. The van der Waals surface area contributed by atoms with Gasteiger partial charge in [-0.05, 0) is 38.1 Å². The van der Waals surface area contributed by atoms with E-state index in [0.29, 0.717) is 22.7 Å². The fourth-order valence-corrected chi connectivity index (χ4v) is 2.90. The molecule has 2 aromatic carbocycles. The van der Waals surface area contributed by atoms with E-state index in [4.69, 9.17) is 0 Å². The van der Waals surface area contributed by atoms with Gasteiger partial charge in [0.1, 0.15) is 6.29 Å². The molecule has 1 amide bonds. The Hall–Kier alpha value is -3.54. The zero-order valence-electron chi connectivity index (χ0n) is 16.1. The van der Waals surface area contributed by atoms with Gasteiger partial charge in [0.05, 0.1) is 28.6 Å². The minimum atomic E-state index is -0.619. The summed E-state index contributed by atoms with van der Waals surface area (Å²) in [7, 11) is 1.82. The summed E-state index contributed by atoms with van der Waals surface area (Å²) in [4.78, 5) is 24.5. The molecule has 6 nitrogen and oxygen atoms in total. The van der Waals surface area contributed by atoms with Crippen molar-refractivity contribution in [2.45, 2.75) is 13.8 Å². The number of allylic oxidation sites excluding steroid dienone is 1. The van der Waals surface area contributed by atoms with Crippen LogP contribution in [0.3, 0.4) is 0 Å². The SMILES string of the molecule is CC1=NN(c2ccccc2)C(=O)/C1=C/C(C=O)/C(C)=N\N(C)c1ccccc1. The van der Waals surface area contributed by atoms with Crippen LogP contribution in [0.25, 0.3) is 0 Å². The fraction of sp³-hybridized carbons (Fsp3) is 0.182. The smallest absolute Gasteiger partial charge is 0.280 e. The third-order valence-electron chi connectivity index (χ3n) is 4.48. The van der Waals surface area contributed by atoms with Gasteiger partial charge in [0.25, 0.3) is 5.91 Å². The molecule has 0 bridgehead atoms. The van der Waals surface area contributed by atoms with Crippen LogP contribution in [0.4, 0.5) is 11.4 Å². The minimum absolute atomic E-state index is 0.250. The standard InChI is InChI=1S/C22H22N4O2/c1-16(23-25(3)19-10-6-4-7-11-19)18(15-27)14-21-17(2)24-26(22(21)28)20-12-8-5-9-13-20/h4-15,18H,1-3H3/b21-14+,23-16-. The van der Waals surface area contributed by atoms with Crippen molar-refractivity contribution >= 4 is 35.0 Å². The first-order chi connectivity index (χ1) is 13.5. The van der Waals surface area contributed by atoms with Gasteiger partial charge in [-0.3, -0.25) is 9.80 Å². The van der Waals surface area contributed by atoms with Crippen LogP contribution in [0.15, 0.2) is 82.5 Å². The summed E-state index contributed by atoms with van der Waals surface area (Å²) in [5.74, 6) is -0.870. The second-order valence-corrected chi connectivity index (χ2v) is 6.48. The molecule has 0 saturated heterocycles. The Balaban J connectivity index is 1.84. The van der Waals surface area contributed by atoms with Gasteiger partial charge in [0.15, 0.2) is 0 Å². The highest BCUT2D eigenvalue weighted by Crippen LogP contribution is 2.24. The van der Waals surface area contributed by atoms with Gasteiger partial charge in [0, 0.05) is 12.8 Å². The third kappa shape index (κ3) is 4.06. The van der Waals surface area contributed by atoms with E-state index in [0.717, 1.165) is 12.0 Å². The Morgan fingerprint density at radius 3 is 2.32 bits per heavy atom. The Labute approximate surface area is 164 Å². The number of para-hydroxylation sites is 2. The topological polar surface area (TPSA) is 65.3 Å². The predicted molar refractivity (Wildman–Crippen MR) is 113 cm³/mol. The number of hydrogen-bond donors (Lipinski definition) is 0. The summed E-state index contributed by atoms with van der Waals surface area (Å²) in [5.41, 5.74) is 3.17. The van der Waals surface area contributed by atoms with Crippen molar-refractivity contribution in [2.75, 3.05) is 17.1 Å². The van der Waals surface area contributed by atoms with Crippen molar-refractivity contribution in [3.8, 4) is 0 Å². The fourth-order valence-electron chi connectivity index (χ4n) is 2.90. The number of amides is 1. The number of anilines is 2. The molecule has 0 aromatic heterocycles. The summed E-state index contributed by atoms with van der Waals surface area (Å²) in [5, 5.41) is 11.9. The number of hydrazone groups is 2. The Kier molecular flexibility index (Phi) is 5.79. The van der Waals surface area contributed by atoms with E-state index in [-0.39, 0.29) is 5.91 Å². The van der Waals surface area contributed by atoms with Gasteiger partial charge in [-0.25, -0.2) is 0 Å². The largest absolute Gasteiger partial charge is 0.302 e. The molecule has 0 N–H and O–H groups in total. The molecule has 0 radical (unpaired) electrons. The second-order valence-electron chi connectivity index (χ2n) is 6.48. The van der Waals surface area contributed by atoms with Crippen molar-refractivity contribution in [3.05, 3.63) is 72.3 Å². The molecule has 0 saturated carbocycles. The molecule has 0 aliphatic carbocycles. The maximum atomic E-state index is 12.8. The molecule has 1 aliphatic rings. The van der Waals surface area contributed by atoms with E-state index < -0.39 is 5.92 Å². The molecule has 1 atom stereocenters. The average Bonchev–Trinajstić information content (AvgIpc) is 3.01. The summed E-state index contributed by atoms with van der Waals surface area (Å²) in [6, 6.07) is 18.8. The van der Waals surface area contributed by atoms with Crippen LogP contribution in [-0.4, -0.2) is 30.7 Å². The Morgan fingerprint density at radius 2 is 1.71 bits per heavy atom. The van der Waals surface area contributed by atoms with Crippen molar-refractivity contribution in [2.24, 2.45) is 16.1 Å². The monoisotopic (exact) mass is 374 g/mol. The van der Waals surface area contributed by atoms with Crippen molar-refractivity contribution in [3.63, 3.8) is 0 Å². The highest BCUT2D eigenvalue weighted by Gasteiger charge is 2.29. The number of nitrogens with zero attached hydrogens (tertiary/aromatic N) is 4. The van der Waals surface area contributed by atoms with Crippen LogP contribution in [0, 0.1) is 5.92 Å². The van der Waals surface area contributed by atoms with Gasteiger partial charge >= 0.3 is 0 Å². The zero-order valence-corrected chi connectivity index (χ0v) is 16.1. The van der Waals surface area contributed by atoms with E-state index in [1.807, 2.05) is 67.7 Å². The molecule has 28 heavy (non-hydrogen) atoms. The third-order valence-corrected chi connectivity index (χ3v) is 4.48. The number of aldehydes is 1. The molecule has 1 aliphatic heterocycles. The average molecular weight is 374 g/mol. The lowest BCUT2D eigenvalue weighted by Crippen LogP contribution is -2.23. The quantitative estimate of drug-likeness (QED) is 0.335. The number of hydrogen-bond acceptors (Lipinski definition) is 5. The van der Waals surface area contributed by atoms with Crippen LogP contribution in [0.1, 0.15) is 13.8 Å². The zero-order chi connectivity index (χ0) is 20.1. The van der Waals surface area contributed by atoms with Gasteiger partial charge in [-0.2, -0.15) is 15.2 Å². The normalized spacial score (nSPS) is 16.9. The molecule has 142 valence electrons. The van der Waals surface area contributed by atoms with Crippen molar-refractivity contribution in [1.82, 2.24) is 0 Å². The van der Waals surface area contributed by atoms with Gasteiger partial charge < -0.3 is 4.79 Å². The highest BCUT2D eigenvalue weighted by molar-refractivity contribution is 6.30. The molecule has 6 heteroatoms. The van der Waals surface area contributed by atoms with Gasteiger partial charge in [-0.15, -0.1) is 0 Å². The number of carbonyl (C=O) groups excluding carboxylic acids is 2. The molecular weight excluding hydrogens is 352 g/mol. The van der Waals surface area contributed by atoms with Crippen LogP contribution >= 0.6 is 0 Å². The van der Waals surface area contributed by atoms with E-state index in [1.165, 1.54) is 5.01 Å². The summed E-state index contributed by atoms with van der Waals surface area (Å²) < 4.78 is 0. The lowest BCUT2D eigenvalue weighted by molar-refractivity contribution is -0.114. The molecule has 1 unspecified atom stereocenters. The minimum Gasteiger partial charge on any atom is -0.302 e. The van der Waals surface area contributed by atoms with Crippen molar-refractivity contribution < 1.29 is 9.59 Å². The van der Waals surface area contributed by atoms with Crippen molar-refractivity contribution in [1.29, 1.82) is 0 Å². The molecular formula is C22H22N4O2. The Morgan fingerprint density at radius 1 is 1.11 bits per heavy atom. The lowest BCUT2D eigenvalue weighted by Gasteiger charge is -2.16. The molecule has 2 aromatic rings. The number of rotatable bonds is 6. The molecule has 3 rings (SSSR count). The summed E-state index contributed by atoms with van der Waals surface area (Å²) in [6.45, 7) is 3.54. The second kappa shape index (κ2) is 8.43. The van der Waals surface area contributed by atoms with E-state index in [2.05, 4.69) is 10.2 Å². The maximum Gasteiger partial charge on any atom is 0.280 e. The van der Waals surface area contributed by atoms with E-state index in [1.54, 1.807) is 24.9 Å². The van der Waals surface area contributed by atoms with Crippen LogP contribution < -0.4 is 10.0 Å². The predicted octanol–water partition coefficient (Wildman–Crippen LogP) is 3.66. The number of benzene rings is 2. The first-order valence-electron chi connectivity index (χ1n) is 8.97. The Bertz CT molecular complexity index is 949. The van der Waals surface area contributed by atoms with Gasteiger partial charge in [-0.1, -0.05) is 42.5 Å². The number of carbonyl (C=O) groups is 2. The summed E-state index contributed by atoms with van der Waals surface area (Å²) >= 11 is 0. The highest BCUT2D eigenvalue weighted by atomic mass is 16.2. The van der Waals surface area contributed by atoms with E-state index >= 15 is 0 Å². The van der Waals surface area contributed by atoms with Crippen LogP contribution in [0.2, 0.25) is 0 Å². The van der Waals surface area contributed by atoms with Crippen LogP contribution in [-0.2, 0) is 9.59 Å². The molecule has 0 fully saturated rings. The molecule has 1 heterocycles. The van der Waals surface area contributed by atoms with Gasteiger partial charge in [0.2, 0.25) is 0 Å². The molecule has 0 spiro atoms. The maximum absolute atomic E-state index is 12.8. The first kappa shape index (κ1) is 19.2. The van der Waals surface area contributed by atoms with Crippen LogP contribution in [0.5, 0.6) is 0 Å².